The van der Waals surface area contributed by atoms with E-state index in [0.717, 1.165) is 17.2 Å². The van der Waals surface area contributed by atoms with E-state index in [1.807, 2.05) is 32.0 Å². The maximum Gasteiger partial charge on any atom is 0.336 e. The highest BCUT2D eigenvalue weighted by Gasteiger charge is 2.12. The Morgan fingerprint density at radius 3 is 2.70 bits per heavy atom. The first-order valence-electron chi connectivity index (χ1n) is 6.20. The molecule has 0 aliphatic carbocycles. The molecule has 0 saturated heterocycles. The van der Waals surface area contributed by atoms with Crippen LogP contribution >= 0.6 is 0 Å². The van der Waals surface area contributed by atoms with Gasteiger partial charge in [0.05, 0.1) is 5.56 Å². The molecular weight excluding hydrogens is 259 g/mol. The Morgan fingerprint density at radius 1 is 1.25 bits per heavy atom. The van der Waals surface area contributed by atoms with E-state index >= 15 is 0 Å². The molecule has 1 N–H and O–H groups in total. The van der Waals surface area contributed by atoms with Gasteiger partial charge in [-0.2, -0.15) is 0 Å². The highest BCUT2D eigenvalue weighted by atomic mass is 19.1. The van der Waals surface area contributed by atoms with Gasteiger partial charge >= 0.3 is 5.97 Å². The minimum Gasteiger partial charge on any atom is -0.489 e. The third-order valence-corrected chi connectivity index (χ3v) is 3.24. The summed E-state index contributed by atoms with van der Waals surface area (Å²) in [7, 11) is 0. The third-order valence-electron chi connectivity index (χ3n) is 3.24. The van der Waals surface area contributed by atoms with Crippen molar-refractivity contribution in [1.82, 2.24) is 0 Å². The van der Waals surface area contributed by atoms with Crippen LogP contribution in [-0.4, -0.2) is 11.1 Å². The molecule has 0 aliphatic heterocycles. The van der Waals surface area contributed by atoms with Crippen molar-refractivity contribution in [2.24, 2.45) is 0 Å². The van der Waals surface area contributed by atoms with Crippen LogP contribution in [0.15, 0.2) is 36.4 Å². The summed E-state index contributed by atoms with van der Waals surface area (Å²) in [4.78, 5) is 11.1. The van der Waals surface area contributed by atoms with E-state index in [1.165, 1.54) is 12.1 Å². The summed E-state index contributed by atoms with van der Waals surface area (Å²) in [6, 6.07) is 9.35. The van der Waals surface area contributed by atoms with Crippen molar-refractivity contribution in [3.05, 3.63) is 64.5 Å². The summed E-state index contributed by atoms with van der Waals surface area (Å²) in [5.41, 5.74) is 2.47. The number of halogens is 1. The lowest BCUT2D eigenvalue weighted by atomic mass is 10.1. The molecule has 0 spiro atoms. The van der Waals surface area contributed by atoms with Crippen molar-refractivity contribution in [3.8, 4) is 5.75 Å². The van der Waals surface area contributed by atoms with Gasteiger partial charge in [-0.3, -0.25) is 0 Å². The summed E-state index contributed by atoms with van der Waals surface area (Å²) in [5.74, 6) is -1.03. The SMILES string of the molecule is Cc1cccc(OCc2ccc(F)cc2C(=O)O)c1C. The van der Waals surface area contributed by atoms with Gasteiger partial charge < -0.3 is 9.84 Å². The van der Waals surface area contributed by atoms with Crippen LogP contribution in [0.2, 0.25) is 0 Å². The monoisotopic (exact) mass is 274 g/mol. The van der Waals surface area contributed by atoms with Crippen LogP contribution in [0.3, 0.4) is 0 Å². The van der Waals surface area contributed by atoms with Crippen molar-refractivity contribution in [2.75, 3.05) is 0 Å². The number of ether oxygens (including phenoxy) is 1. The summed E-state index contributed by atoms with van der Waals surface area (Å²) in [6.07, 6.45) is 0. The number of benzene rings is 2. The number of aromatic carboxylic acids is 1. The number of rotatable bonds is 4. The average Bonchev–Trinajstić information content (AvgIpc) is 2.41. The Morgan fingerprint density at radius 2 is 2.00 bits per heavy atom. The second-order valence-electron chi connectivity index (χ2n) is 4.59. The molecule has 0 amide bonds. The van der Waals surface area contributed by atoms with Crippen LogP contribution < -0.4 is 4.74 Å². The maximum absolute atomic E-state index is 13.1. The number of carboxylic acid groups (broad SMARTS) is 1. The molecular formula is C16H15FO3. The molecule has 2 rings (SSSR count). The van der Waals surface area contributed by atoms with Gasteiger partial charge in [0.1, 0.15) is 18.2 Å². The molecule has 0 aromatic heterocycles. The Bertz CT molecular complexity index is 650. The van der Waals surface area contributed by atoms with Crippen LogP contribution in [0.25, 0.3) is 0 Å². The summed E-state index contributed by atoms with van der Waals surface area (Å²) in [5, 5.41) is 9.06. The first kappa shape index (κ1) is 14.1. The maximum atomic E-state index is 13.1. The second kappa shape index (κ2) is 5.74. The Kier molecular flexibility index (Phi) is 4.03. The van der Waals surface area contributed by atoms with Crippen molar-refractivity contribution in [2.45, 2.75) is 20.5 Å². The average molecular weight is 274 g/mol. The quantitative estimate of drug-likeness (QED) is 0.924. The van der Waals surface area contributed by atoms with E-state index in [9.17, 15) is 9.18 Å². The fourth-order valence-corrected chi connectivity index (χ4v) is 1.91. The van der Waals surface area contributed by atoms with Crippen LogP contribution in [0.1, 0.15) is 27.0 Å². The van der Waals surface area contributed by atoms with Gasteiger partial charge in [-0.25, -0.2) is 9.18 Å². The van der Waals surface area contributed by atoms with Gasteiger partial charge in [0.2, 0.25) is 0 Å². The van der Waals surface area contributed by atoms with Crippen LogP contribution in [0.4, 0.5) is 4.39 Å². The predicted octanol–water partition coefficient (Wildman–Crippen LogP) is 3.72. The zero-order valence-corrected chi connectivity index (χ0v) is 11.3. The molecule has 3 nitrogen and oxygen atoms in total. The lowest BCUT2D eigenvalue weighted by molar-refractivity contribution is 0.0693. The van der Waals surface area contributed by atoms with Gasteiger partial charge in [0.25, 0.3) is 0 Å². The van der Waals surface area contributed by atoms with Gasteiger partial charge in [-0.05, 0) is 43.2 Å². The van der Waals surface area contributed by atoms with Crippen molar-refractivity contribution >= 4 is 5.97 Å². The number of aryl methyl sites for hydroxylation is 1. The van der Waals surface area contributed by atoms with Gasteiger partial charge in [0, 0.05) is 5.56 Å². The first-order chi connectivity index (χ1) is 9.49. The van der Waals surface area contributed by atoms with Crippen LogP contribution in [0.5, 0.6) is 5.75 Å². The van der Waals surface area contributed by atoms with E-state index in [0.29, 0.717) is 11.3 Å². The fraction of sp³-hybridized carbons (Fsp3) is 0.188. The standard InChI is InChI=1S/C16H15FO3/c1-10-4-3-5-15(11(10)2)20-9-12-6-7-13(17)8-14(12)16(18)19/h3-8H,9H2,1-2H3,(H,18,19). The lowest BCUT2D eigenvalue weighted by Crippen LogP contribution is -2.07. The second-order valence-corrected chi connectivity index (χ2v) is 4.59. The highest BCUT2D eigenvalue weighted by molar-refractivity contribution is 5.89. The van der Waals surface area contributed by atoms with E-state index in [4.69, 9.17) is 9.84 Å². The lowest BCUT2D eigenvalue weighted by Gasteiger charge is -2.12. The van der Waals surface area contributed by atoms with E-state index < -0.39 is 11.8 Å². The highest BCUT2D eigenvalue weighted by Crippen LogP contribution is 2.22. The van der Waals surface area contributed by atoms with Crippen LogP contribution in [0, 0.1) is 19.7 Å². The van der Waals surface area contributed by atoms with Crippen LogP contribution in [-0.2, 0) is 6.61 Å². The summed E-state index contributed by atoms with van der Waals surface area (Å²) >= 11 is 0. The van der Waals surface area contributed by atoms with E-state index in [-0.39, 0.29) is 12.2 Å². The van der Waals surface area contributed by atoms with E-state index in [1.54, 1.807) is 0 Å². The normalized spacial score (nSPS) is 10.3. The van der Waals surface area contributed by atoms with E-state index in [2.05, 4.69) is 0 Å². The molecule has 0 aliphatic rings. The zero-order valence-electron chi connectivity index (χ0n) is 11.3. The third kappa shape index (κ3) is 2.96. The topological polar surface area (TPSA) is 46.5 Å². The summed E-state index contributed by atoms with van der Waals surface area (Å²) < 4.78 is 18.7. The van der Waals surface area contributed by atoms with Crippen molar-refractivity contribution < 1.29 is 19.0 Å². The summed E-state index contributed by atoms with van der Waals surface area (Å²) in [6.45, 7) is 4.00. The smallest absolute Gasteiger partial charge is 0.336 e. The molecule has 104 valence electrons. The molecule has 0 bridgehead atoms. The minimum atomic E-state index is -1.16. The van der Waals surface area contributed by atoms with Gasteiger partial charge in [-0.1, -0.05) is 18.2 Å². The number of hydrogen-bond acceptors (Lipinski definition) is 2. The molecule has 4 heteroatoms. The number of carbonyl (C=O) groups is 1. The number of carboxylic acids is 1. The molecule has 0 atom stereocenters. The first-order valence-corrected chi connectivity index (χ1v) is 6.20. The molecule has 0 heterocycles. The zero-order chi connectivity index (χ0) is 14.7. The Balaban J connectivity index is 2.23. The Hall–Kier alpha value is -2.36. The predicted molar refractivity (Wildman–Crippen MR) is 73.6 cm³/mol. The Labute approximate surface area is 116 Å². The molecule has 0 saturated carbocycles. The van der Waals surface area contributed by atoms with Gasteiger partial charge in [-0.15, -0.1) is 0 Å². The fourth-order valence-electron chi connectivity index (χ4n) is 1.91. The molecule has 0 radical (unpaired) electrons. The molecule has 2 aromatic carbocycles. The number of hydrogen-bond donors (Lipinski definition) is 1. The largest absolute Gasteiger partial charge is 0.489 e. The van der Waals surface area contributed by atoms with Crippen molar-refractivity contribution in [3.63, 3.8) is 0 Å². The molecule has 0 fully saturated rings. The molecule has 20 heavy (non-hydrogen) atoms. The molecule has 0 unspecified atom stereocenters. The van der Waals surface area contributed by atoms with Gasteiger partial charge in [0.15, 0.2) is 0 Å². The minimum absolute atomic E-state index is 0.0738. The molecule has 2 aromatic rings. The van der Waals surface area contributed by atoms with Crippen molar-refractivity contribution in [1.29, 1.82) is 0 Å².